The van der Waals surface area contributed by atoms with Crippen LogP contribution < -0.4 is 4.74 Å². The van der Waals surface area contributed by atoms with E-state index in [1.54, 1.807) is 36.4 Å². The highest BCUT2D eigenvalue weighted by molar-refractivity contribution is 9.11. The van der Waals surface area contributed by atoms with Crippen molar-refractivity contribution in [2.24, 2.45) is 0 Å². The van der Waals surface area contributed by atoms with E-state index in [0.717, 1.165) is 15.2 Å². The van der Waals surface area contributed by atoms with Gasteiger partial charge in [-0.2, -0.15) is 0 Å². The molecule has 0 heterocycles. The third-order valence-electron chi connectivity index (χ3n) is 3.29. The van der Waals surface area contributed by atoms with Crippen molar-refractivity contribution in [1.29, 1.82) is 0 Å². The Bertz CT molecular complexity index is 1010. The lowest BCUT2D eigenvalue weighted by molar-refractivity contribution is 0.111. The Morgan fingerprint density at radius 1 is 0.700 bits per heavy atom. The minimum absolute atomic E-state index is 0.0863. The van der Waals surface area contributed by atoms with Crippen LogP contribution in [0.3, 0.4) is 0 Å². The average Bonchev–Trinajstić information content (AvgIpc) is 2.72. The van der Waals surface area contributed by atoms with E-state index in [2.05, 4.69) is 63.7 Å². The van der Waals surface area contributed by atoms with Gasteiger partial charge in [-0.3, -0.25) is 9.59 Å². The van der Waals surface area contributed by atoms with Crippen LogP contribution in [0.15, 0.2) is 72.5 Å². The smallest absolute Gasteiger partial charge is 0.153 e. The quantitative estimate of drug-likeness (QED) is 0.209. The summed E-state index contributed by atoms with van der Waals surface area (Å²) in [6.07, 6.45) is 1.26. The molecule has 0 aliphatic rings. The van der Waals surface area contributed by atoms with Gasteiger partial charge in [-0.1, -0.05) is 47.8 Å². The highest BCUT2D eigenvalue weighted by Crippen LogP contribution is 2.21. The van der Waals surface area contributed by atoms with Crippen LogP contribution in [0.5, 0.6) is 5.75 Å². The molecule has 0 radical (unpaired) electrons. The van der Waals surface area contributed by atoms with Gasteiger partial charge in [0, 0.05) is 13.4 Å². The number of hydrogen-bond donors (Lipinski definition) is 0. The molecule has 0 bridgehead atoms. The lowest BCUT2D eigenvalue weighted by Gasteiger charge is -2.02. The molecular formula is C21H14Br4F2O3. The Morgan fingerprint density at radius 2 is 1.17 bits per heavy atom. The molecule has 0 saturated heterocycles. The summed E-state index contributed by atoms with van der Waals surface area (Å²) >= 11 is 12.5. The maximum atomic E-state index is 12.6. The zero-order valence-electron chi connectivity index (χ0n) is 15.3. The van der Waals surface area contributed by atoms with Crippen LogP contribution in [-0.2, 0) is 0 Å². The summed E-state index contributed by atoms with van der Waals surface area (Å²) in [5, 5.41) is 0. The van der Waals surface area contributed by atoms with E-state index in [1.165, 1.54) is 25.3 Å². The molecule has 0 unspecified atom stereocenters. The van der Waals surface area contributed by atoms with Gasteiger partial charge >= 0.3 is 0 Å². The molecule has 3 nitrogen and oxygen atoms in total. The molecule has 0 saturated carbocycles. The molecule has 3 aromatic carbocycles. The van der Waals surface area contributed by atoms with Crippen molar-refractivity contribution >= 4 is 76.3 Å². The molecule has 0 fully saturated rings. The summed E-state index contributed by atoms with van der Waals surface area (Å²) in [6.45, 7) is 0. The minimum Gasteiger partial charge on any atom is -0.496 e. The molecule has 0 aliphatic heterocycles. The monoisotopic (exact) mass is 668 g/mol. The first-order valence-electron chi connectivity index (χ1n) is 8.01. The second kappa shape index (κ2) is 13.8. The van der Waals surface area contributed by atoms with Crippen LogP contribution >= 0.6 is 63.7 Å². The molecule has 3 rings (SSSR count). The zero-order valence-corrected chi connectivity index (χ0v) is 21.7. The number of aldehydes is 2. The highest BCUT2D eigenvalue weighted by atomic mass is 79.9. The van der Waals surface area contributed by atoms with Crippen molar-refractivity contribution in [3.63, 3.8) is 0 Å². The number of halogens is 6. The van der Waals surface area contributed by atoms with Crippen LogP contribution in [-0.4, -0.2) is 19.7 Å². The predicted octanol–water partition coefficient (Wildman–Crippen LogP) is 8.02. The summed E-state index contributed by atoms with van der Waals surface area (Å²) in [7, 11) is 1.54. The summed E-state index contributed by atoms with van der Waals surface area (Å²) < 4.78 is 32.8. The second-order valence-electron chi connectivity index (χ2n) is 5.35. The fourth-order valence-electron chi connectivity index (χ4n) is 1.85. The zero-order chi connectivity index (χ0) is 22.7. The molecule has 158 valence electrons. The molecule has 3 aromatic rings. The van der Waals surface area contributed by atoms with Gasteiger partial charge in [0.1, 0.15) is 17.4 Å². The predicted molar refractivity (Wildman–Crippen MR) is 127 cm³/mol. The van der Waals surface area contributed by atoms with Gasteiger partial charge in [0.2, 0.25) is 0 Å². The SMILES string of the molecule is COc1cc(Br)ccc1C=O.Fc1cc(Br)ccc1Br.O=Cc1ccc(Br)cc1F. The van der Waals surface area contributed by atoms with Gasteiger partial charge in [0.15, 0.2) is 12.6 Å². The molecule has 0 aliphatic carbocycles. The van der Waals surface area contributed by atoms with E-state index in [0.29, 0.717) is 26.5 Å². The van der Waals surface area contributed by atoms with Crippen LogP contribution in [0.1, 0.15) is 20.7 Å². The number of hydrogen-bond acceptors (Lipinski definition) is 3. The van der Waals surface area contributed by atoms with E-state index < -0.39 is 5.82 Å². The largest absolute Gasteiger partial charge is 0.496 e. The van der Waals surface area contributed by atoms with Crippen molar-refractivity contribution in [3.8, 4) is 5.75 Å². The average molecular weight is 672 g/mol. The van der Waals surface area contributed by atoms with E-state index in [9.17, 15) is 18.4 Å². The normalized spacial score (nSPS) is 9.43. The summed E-state index contributed by atoms with van der Waals surface area (Å²) in [4.78, 5) is 20.5. The van der Waals surface area contributed by atoms with Gasteiger partial charge in [0.05, 0.1) is 22.7 Å². The molecular weight excluding hydrogens is 658 g/mol. The highest BCUT2D eigenvalue weighted by Gasteiger charge is 2.01. The summed E-state index contributed by atoms with van der Waals surface area (Å²) in [5.41, 5.74) is 0.652. The molecule has 0 atom stereocenters. The first-order valence-corrected chi connectivity index (χ1v) is 11.2. The molecule has 0 aromatic heterocycles. The Morgan fingerprint density at radius 3 is 1.60 bits per heavy atom. The fraction of sp³-hybridized carbons (Fsp3) is 0.0476. The molecule has 0 spiro atoms. The van der Waals surface area contributed by atoms with E-state index in [4.69, 9.17) is 4.74 Å². The van der Waals surface area contributed by atoms with E-state index in [-0.39, 0.29) is 11.4 Å². The third kappa shape index (κ3) is 9.16. The minimum atomic E-state index is -0.496. The number of rotatable bonds is 3. The Kier molecular flexibility index (Phi) is 12.2. The van der Waals surface area contributed by atoms with Gasteiger partial charge in [-0.15, -0.1) is 0 Å². The summed E-state index contributed by atoms with van der Waals surface area (Å²) in [5.74, 6) is -0.150. The van der Waals surface area contributed by atoms with Crippen molar-refractivity contribution in [1.82, 2.24) is 0 Å². The van der Waals surface area contributed by atoms with Crippen LogP contribution in [0.2, 0.25) is 0 Å². The lowest BCUT2D eigenvalue weighted by Crippen LogP contribution is -1.89. The molecule has 0 N–H and O–H groups in total. The fourth-order valence-corrected chi connectivity index (χ4v) is 3.10. The van der Waals surface area contributed by atoms with Gasteiger partial charge < -0.3 is 4.74 Å². The Hall–Kier alpha value is -1.42. The number of carbonyl (C=O) groups is 2. The van der Waals surface area contributed by atoms with Gasteiger partial charge in [-0.25, -0.2) is 8.78 Å². The number of benzene rings is 3. The standard InChI is InChI=1S/C8H7BrO2.C7H4BrFO.C6H3Br2F/c1-11-8-4-7(9)3-2-6(8)5-10;8-6-2-1-5(4-10)7(9)3-6;7-4-1-2-5(8)6(9)3-4/h2-5H,1H3;1-4H;1-3H. The van der Waals surface area contributed by atoms with E-state index in [1.807, 2.05) is 0 Å². The summed E-state index contributed by atoms with van der Waals surface area (Å²) in [6, 6.07) is 14.4. The lowest BCUT2D eigenvalue weighted by atomic mass is 10.2. The van der Waals surface area contributed by atoms with E-state index >= 15 is 0 Å². The Balaban J connectivity index is 0.000000226. The number of methoxy groups -OCH3 is 1. The van der Waals surface area contributed by atoms with Crippen LogP contribution in [0.4, 0.5) is 8.78 Å². The van der Waals surface area contributed by atoms with Gasteiger partial charge in [-0.05, 0) is 70.5 Å². The van der Waals surface area contributed by atoms with Gasteiger partial charge in [0.25, 0.3) is 0 Å². The van der Waals surface area contributed by atoms with Crippen molar-refractivity contribution < 1.29 is 23.1 Å². The maximum Gasteiger partial charge on any atom is 0.153 e. The van der Waals surface area contributed by atoms with Crippen LogP contribution in [0, 0.1) is 11.6 Å². The van der Waals surface area contributed by atoms with Crippen LogP contribution in [0.25, 0.3) is 0 Å². The first kappa shape index (κ1) is 26.6. The topological polar surface area (TPSA) is 43.4 Å². The molecule has 0 amide bonds. The molecule has 9 heteroatoms. The molecule has 30 heavy (non-hydrogen) atoms. The van der Waals surface area contributed by atoms with Crippen molar-refractivity contribution in [2.75, 3.05) is 7.11 Å². The Labute approximate surface area is 206 Å². The number of ether oxygens (including phenoxy) is 1. The van der Waals surface area contributed by atoms with Crippen molar-refractivity contribution in [3.05, 3.63) is 95.2 Å². The first-order chi connectivity index (χ1) is 14.2. The third-order valence-corrected chi connectivity index (χ3v) is 5.42. The second-order valence-corrected chi connectivity index (χ2v) is 8.95. The van der Waals surface area contributed by atoms with Crippen molar-refractivity contribution in [2.45, 2.75) is 0 Å². The maximum absolute atomic E-state index is 12.6. The number of carbonyl (C=O) groups excluding carboxylic acids is 2.